The minimum absolute atomic E-state index is 0.430. The molecule has 3 amide bonds. The SMILES string of the molecule is CCCCOCCNC(C)C(=O)NC(N)=O. The van der Waals surface area contributed by atoms with Crippen molar-refractivity contribution < 1.29 is 14.3 Å². The highest BCUT2D eigenvalue weighted by Gasteiger charge is 2.12. The van der Waals surface area contributed by atoms with Crippen LogP contribution in [-0.2, 0) is 9.53 Å². The van der Waals surface area contributed by atoms with Gasteiger partial charge in [-0.05, 0) is 13.3 Å². The molecule has 1 unspecified atom stereocenters. The molecule has 0 aliphatic heterocycles. The predicted molar refractivity (Wildman–Crippen MR) is 60.9 cm³/mol. The van der Waals surface area contributed by atoms with Gasteiger partial charge in [0.25, 0.3) is 0 Å². The summed E-state index contributed by atoms with van der Waals surface area (Å²) in [6, 6.07) is -1.29. The first-order chi connectivity index (χ1) is 7.57. The summed E-state index contributed by atoms with van der Waals surface area (Å²) in [7, 11) is 0. The normalized spacial score (nSPS) is 12.1. The van der Waals surface area contributed by atoms with Gasteiger partial charge in [-0.15, -0.1) is 0 Å². The number of nitrogens with two attached hydrogens (primary N) is 1. The lowest BCUT2D eigenvalue weighted by Gasteiger charge is -2.12. The molecular formula is C10H21N3O3. The fraction of sp³-hybridized carbons (Fsp3) is 0.800. The van der Waals surface area contributed by atoms with E-state index in [1.165, 1.54) is 0 Å². The maximum atomic E-state index is 11.2. The summed E-state index contributed by atoms with van der Waals surface area (Å²) >= 11 is 0. The zero-order valence-corrected chi connectivity index (χ0v) is 9.91. The average Bonchev–Trinajstić information content (AvgIpc) is 2.21. The van der Waals surface area contributed by atoms with Crippen LogP contribution >= 0.6 is 0 Å². The summed E-state index contributed by atoms with van der Waals surface area (Å²) in [4.78, 5) is 21.6. The van der Waals surface area contributed by atoms with E-state index in [4.69, 9.17) is 10.5 Å². The highest BCUT2D eigenvalue weighted by Crippen LogP contribution is 1.87. The zero-order valence-electron chi connectivity index (χ0n) is 9.91. The second-order valence-corrected chi connectivity index (χ2v) is 3.50. The lowest BCUT2D eigenvalue weighted by Crippen LogP contribution is -2.47. The summed E-state index contributed by atoms with van der Waals surface area (Å²) in [5.41, 5.74) is 4.82. The largest absolute Gasteiger partial charge is 0.380 e. The van der Waals surface area contributed by atoms with Crippen LogP contribution in [0, 0.1) is 0 Å². The van der Waals surface area contributed by atoms with Crippen LogP contribution in [0.5, 0.6) is 0 Å². The third-order valence-corrected chi connectivity index (χ3v) is 1.98. The van der Waals surface area contributed by atoms with E-state index in [2.05, 4.69) is 12.2 Å². The molecule has 1 atom stereocenters. The van der Waals surface area contributed by atoms with Gasteiger partial charge in [0.15, 0.2) is 0 Å². The predicted octanol–water partition coefficient (Wildman–Crippen LogP) is -0.0239. The Morgan fingerprint density at radius 2 is 2.06 bits per heavy atom. The van der Waals surface area contributed by atoms with Crippen molar-refractivity contribution in [3.05, 3.63) is 0 Å². The second kappa shape index (κ2) is 9.11. The molecule has 0 rings (SSSR count). The fourth-order valence-electron chi connectivity index (χ4n) is 1.02. The highest BCUT2D eigenvalue weighted by atomic mass is 16.5. The van der Waals surface area contributed by atoms with Crippen molar-refractivity contribution in [3.63, 3.8) is 0 Å². The number of imide groups is 1. The number of unbranched alkanes of at least 4 members (excludes halogenated alkanes) is 1. The summed E-state index contributed by atoms with van der Waals surface area (Å²) in [5.74, 6) is -0.430. The van der Waals surface area contributed by atoms with Crippen LogP contribution in [0.15, 0.2) is 0 Å². The Bertz CT molecular complexity index is 221. The van der Waals surface area contributed by atoms with E-state index in [-0.39, 0.29) is 0 Å². The van der Waals surface area contributed by atoms with E-state index >= 15 is 0 Å². The summed E-state index contributed by atoms with van der Waals surface area (Å²) in [6.45, 7) is 5.60. The summed E-state index contributed by atoms with van der Waals surface area (Å²) in [6.07, 6.45) is 2.14. The Morgan fingerprint density at radius 3 is 2.62 bits per heavy atom. The molecule has 6 nitrogen and oxygen atoms in total. The molecule has 0 bridgehead atoms. The maximum absolute atomic E-state index is 11.2. The van der Waals surface area contributed by atoms with Gasteiger partial charge in [0, 0.05) is 13.2 Å². The van der Waals surface area contributed by atoms with Crippen molar-refractivity contribution in [1.29, 1.82) is 0 Å². The molecule has 0 fully saturated rings. The molecular weight excluding hydrogens is 210 g/mol. The van der Waals surface area contributed by atoms with E-state index < -0.39 is 18.0 Å². The minimum Gasteiger partial charge on any atom is -0.380 e. The van der Waals surface area contributed by atoms with Crippen LogP contribution < -0.4 is 16.4 Å². The molecule has 0 spiro atoms. The molecule has 0 aromatic carbocycles. The number of hydrogen-bond donors (Lipinski definition) is 3. The number of rotatable bonds is 8. The first kappa shape index (κ1) is 14.9. The maximum Gasteiger partial charge on any atom is 0.318 e. The standard InChI is InChI=1S/C10H21N3O3/c1-3-4-6-16-7-5-12-8(2)9(14)13-10(11)15/h8,12H,3-7H2,1-2H3,(H3,11,13,14,15). The average molecular weight is 231 g/mol. The number of carbonyl (C=O) groups is 2. The van der Waals surface area contributed by atoms with Crippen molar-refractivity contribution in [2.75, 3.05) is 19.8 Å². The Kier molecular flexibility index (Phi) is 8.46. The summed E-state index contributed by atoms with van der Waals surface area (Å²) < 4.78 is 5.30. The van der Waals surface area contributed by atoms with Crippen molar-refractivity contribution in [1.82, 2.24) is 10.6 Å². The molecule has 0 aromatic rings. The quantitative estimate of drug-likeness (QED) is 0.512. The van der Waals surface area contributed by atoms with Gasteiger partial charge in [-0.25, -0.2) is 4.79 Å². The molecule has 0 saturated heterocycles. The van der Waals surface area contributed by atoms with Crippen molar-refractivity contribution >= 4 is 11.9 Å². The molecule has 0 aromatic heterocycles. The second-order valence-electron chi connectivity index (χ2n) is 3.50. The minimum atomic E-state index is -0.835. The van der Waals surface area contributed by atoms with Crippen LogP contribution in [0.4, 0.5) is 4.79 Å². The monoisotopic (exact) mass is 231 g/mol. The van der Waals surface area contributed by atoms with Gasteiger partial charge in [0.05, 0.1) is 12.6 Å². The number of primary amides is 1. The number of nitrogens with one attached hydrogen (secondary N) is 2. The van der Waals surface area contributed by atoms with Gasteiger partial charge < -0.3 is 15.8 Å². The third kappa shape index (κ3) is 8.19. The van der Waals surface area contributed by atoms with Crippen molar-refractivity contribution in [2.45, 2.75) is 32.7 Å². The molecule has 94 valence electrons. The van der Waals surface area contributed by atoms with E-state index in [0.717, 1.165) is 19.4 Å². The van der Waals surface area contributed by atoms with E-state index in [1.54, 1.807) is 6.92 Å². The highest BCUT2D eigenvalue weighted by molar-refractivity contribution is 5.96. The number of amides is 3. The first-order valence-corrected chi connectivity index (χ1v) is 5.49. The lowest BCUT2D eigenvalue weighted by atomic mass is 10.3. The first-order valence-electron chi connectivity index (χ1n) is 5.49. The molecule has 0 aliphatic rings. The van der Waals surface area contributed by atoms with Crippen LogP contribution in [0.25, 0.3) is 0 Å². The molecule has 0 heterocycles. The molecule has 4 N–H and O–H groups in total. The van der Waals surface area contributed by atoms with Crippen LogP contribution in [0.2, 0.25) is 0 Å². The number of hydrogen-bond acceptors (Lipinski definition) is 4. The Morgan fingerprint density at radius 1 is 1.38 bits per heavy atom. The fourth-order valence-corrected chi connectivity index (χ4v) is 1.02. The topological polar surface area (TPSA) is 93.4 Å². The van der Waals surface area contributed by atoms with Crippen molar-refractivity contribution in [3.8, 4) is 0 Å². The van der Waals surface area contributed by atoms with Gasteiger partial charge in [0.2, 0.25) is 5.91 Å². The number of ether oxygens (including phenoxy) is 1. The molecule has 0 radical (unpaired) electrons. The third-order valence-electron chi connectivity index (χ3n) is 1.98. The molecule has 6 heteroatoms. The van der Waals surface area contributed by atoms with Gasteiger partial charge in [-0.2, -0.15) is 0 Å². The lowest BCUT2D eigenvalue weighted by molar-refractivity contribution is -0.121. The zero-order chi connectivity index (χ0) is 12.4. The number of carbonyl (C=O) groups excluding carboxylic acids is 2. The van der Waals surface area contributed by atoms with Crippen molar-refractivity contribution in [2.24, 2.45) is 5.73 Å². The Balaban J connectivity index is 3.46. The van der Waals surface area contributed by atoms with Gasteiger partial charge in [-0.3, -0.25) is 10.1 Å². The van der Waals surface area contributed by atoms with E-state index in [1.807, 2.05) is 5.32 Å². The Labute approximate surface area is 95.9 Å². The van der Waals surface area contributed by atoms with Crippen LogP contribution in [0.1, 0.15) is 26.7 Å². The van der Waals surface area contributed by atoms with E-state index in [9.17, 15) is 9.59 Å². The van der Waals surface area contributed by atoms with E-state index in [0.29, 0.717) is 13.2 Å². The number of urea groups is 1. The van der Waals surface area contributed by atoms with Gasteiger partial charge in [0.1, 0.15) is 0 Å². The van der Waals surface area contributed by atoms with Crippen LogP contribution in [-0.4, -0.2) is 37.7 Å². The summed E-state index contributed by atoms with van der Waals surface area (Å²) in [5, 5.41) is 4.92. The Hall–Kier alpha value is -1.14. The van der Waals surface area contributed by atoms with Gasteiger partial charge >= 0.3 is 6.03 Å². The molecule has 0 saturated carbocycles. The van der Waals surface area contributed by atoms with Crippen LogP contribution in [0.3, 0.4) is 0 Å². The smallest absolute Gasteiger partial charge is 0.318 e. The molecule has 16 heavy (non-hydrogen) atoms. The molecule has 0 aliphatic carbocycles. The van der Waals surface area contributed by atoms with Gasteiger partial charge in [-0.1, -0.05) is 13.3 Å².